The third-order valence-corrected chi connectivity index (χ3v) is 4.99. The van der Waals surface area contributed by atoms with Crippen molar-refractivity contribution in [2.75, 3.05) is 6.54 Å². The van der Waals surface area contributed by atoms with Gasteiger partial charge in [-0.2, -0.15) is 0 Å². The van der Waals surface area contributed by atoms with Crippen LogP contribution in [0.1, 0.15) is 41.7 Å². The minimum absolute atomic E-state index is 0.00470. The summed E-state index contributed by atoms with van der Waals surface area (Å²) >= 11 is 0. The number of hydrogen-bond donors (Lipinski definition) is 0. The number of hydrogen-bond acceptors (Lipinski definition) is 5. The molecule has 1 aliphatic rings. The van der Waals surface area contributed by atoms with E-state index in [1.807, 2.05) is 24.8 Å². The Balaban J connectivity index is 1.63. The van der Waals surface area contributed by atoms with Crippen LogP contribution in [-0.4, -0.2) is 32.5 Å². The van der Waals surface area contributed by atoms with Crippen LogP contribution in [0.2, 0.25) is 0 Å². The van der Waals surface area contributed by atoms with E-state index in [-0.39, 0.29) is 24.2 Å². The molecule has 0 radical (unpaired) electrons. The van der Waals surface area contributed by atoms with Crippen LogP contribution in [0, 0.1) is 19.7 Å². The molecule has 0 N–H and O–H groups in total. The van der Waals surface area contributed by atoms with Crippen molar-refractivity contribution in [1.29, 1.82) is 0 Å². The van der Waals surface area contributed by atoms with Gasteiger partial charge in [0.15, 0.2) is 5.76 Å². The molecule has 4 rings (SSSR count). The molecular weight excluding hydrogens is 359 g/mol. The number of amides is 1. The molecule has 144 valence electrons. The fourth-order valence-corrected chi connectivity index (χ4v) is 3.65. The molecule has 2 aromatic heterocycles. The zero-order valence-electron chi connectivity index (χ0n) is 15.9. The van der Waals surface area contributed by atoms with Crippen LogP contribution >= 0.6 is 0 Å². The van der Waals surface area contributed by atoms with Gasteiger partial charge in [0.2, 0.25) is 5.91 Å². The lowest BCUT2D eigenvalue weighted by molar-refractivity contribution is -0.131. The van der Waals surface area contributed by atoms with Crippen LogP contribution in [0.15, 0.2) is 41.1 Å². The molecule has 0 bridgehead atoms. The van der Waals surface area contributed by atoms with Gasteiger partial charge in [-0.25, -0.2) is 14.4 Å². The lowest BCUT2D eigenvalue weighted by atomic mass is 10.0. The number of halogens is 1. The lowest BCUT2D eigenvalue weighted by Gasteiger charge is -2.25. The van der Waals surface area contributed by atoms with Gasteiger partial charge in [-0.3, -0.25) is 4.79 Å². The van der Waals surface area contributed by atoms with E-state index in [2.05, 4.69) is 15.1 Å². The number of likely N-dealkylation sites (tertiary alicyclic amines) is 1. The Morgan fingerprint density at radius 3 is 2.79 bits per heavy atom. The van der Waals surface area contributed by atoms with Crippen molar-refractivity contribution in [3.63, 3.8) is 0 Å². The van der Waals surface area contributed by atoms with Crippen LogP contribution < -0.4 is 0 Å². The molecule has 1 aromatic carbocycles. The zero-order chi connectivity index (χ0) is 19.7. The van der Waals surface area contributed by atoms with Gasteiger partial charge in [0.1, 0.15) is 11.6 Å². The molecule has 1 amide bonds. The van der Waals surface area contributed by atoms with Crippen molar-refractivity contribution < 1.29 is 13.7 Å². The van der Waals surface area contributed by atoms with Gasteiger partial charge >= 0.3 is 0 Å². The van der Waals surface area contributed by atoms with Gasteiger partial charge in [-0.1, -0.05) is 17.3 Å². The highest BCUT2D eigenvalue weighted by Crippen LogP contribution is 2.37. The van der Waals surface area contributed by atoms with Gasteiger partial charge in [0.25, 0.3) is 0 Å². The van der Waals surface area contributed by atoms with Crippen LogP contribution in [0.5, 0.6) is 0 Å². The molecule has 28 heavy (non-hydrogen) atoms. The molecule has 3 heterocycles. The van der Waals surface area contributed by atoms with Crippen molar-refractivity contribution >= 4 is 5.91 Å². The molecule has 0 aliphatic carbocycles. The molecule has 1 atom stereocenters. The predicted molar refractivity (Wildman–Crippen MR) is 101 cm³/mol. The number of aryl methyl sites for hydroxylation is 2. The quantitative estimate of drug-likeness (QED) is 0.689. The average molecular weight is 380 g/mol. The Hall–Kier alpha value is -3.09. The number of carbonyl (C=O) groups excluding carboxylic acids is 1. The van der Waals surface area contributed by atoms with Crippen LogP contribution in [0.25, 0.3) is 11.3 Å². The van der Waals surface area contributed by atoms with E-state index >= 15 is 0 Å². The summed E-state index contributed by atoms with van der Waals surface area (Å²) in [5.74, 6) is 0.946. The van der Waals surface area contributed by atoms with Gasteiger partial charge in [-0.05, 0) is 44.4 Å². The maximum atomic E-state index is 13.1. The smallest absolute Gasteiger partial charge is 0.227 e. The Kier molecular flexibility index (Phi) is 4.90. The largest absolute Gasteiger partial charge is 0.356 e. The summed E-state index contributed by atoms with van der Waals surface area (Å²) in [6, 6.07) is 7.75. The Labute approximate surface area is 162 Å². The first-order valence-electron chi connectivity index (χ1n) is 9.32. The van der Waals surface area contributed by atoms with E-state index in [1.165, 1.54) is 12.1 Å². The third kappa shape index (κ3) is 3.65. The molecule has 0 unspecified atom stereocenters. The first kappa shape index (κ1) is 18.3. The highest BCUT2D eigenvalue weighted by Gasteiger charge is 2.33. The van der Waals surface area contributed by atoms with Crippen molar-refractivity contribution in [2.45, 2.75) is 39.2 Å². The first-order valence-corrected chi connectivity index (χ1v) is 9.32. The van der Waals surface area contributed by atoms with Crippen molar-refractivity contribution in [2.24, 2.45) is 0 Å². The Morgan fingerprint density at radius 1 is 1.29 bits per heavy atom. The fourth-order valence-electron chi connectivity index (χ4n) is 3.65. The molecule has 0 saturated carbocycles. The summed E-state index contributed by atoms with van der Waals surface area (Å²) in [7, 11) is 0. The summed E-state index contributed by atoms with van der Waals surface area (Å²) in [5, 5.41) is 3.96. The van der Waals surface area contributed by atoms with E-state index in [0.29, 0.717) is 18.1 Å². The third-order valence-electron chi connectivity index (χ3n) is 4.99. The summed E-state index contributed by atoms with van der Waals surface area (Å²) in [6.07, 6.45) is 3.69. The van der Waals surface area contributed by atoms with Gasteiger partial charge in [0, 0.05) is 18.8 Å². The fraction of sp³-hybridized carbons (Fsp3) is 0.333. The maximum Gasteiger partial charge on any atom is 0.227 e. The van der Waals surface area contributed by atoms with E-state index in [0.717, 1.165) is 35.4 Å². The second-order valence-corrected chi connectivity index (χ2v) is 7.10. The number of aromatic nitrogens is 3. The SMILES string of the molecule is Cc1cc(-c2cnc(C)nc2[C@@H]2CCCN2C(=O)Cc2ccc(F)cc2)on1. The number of rotatable bonds is 4. The summed E-state index contributed by atoms with van der Waals surface area (Å²) in [5.41, 5.74) is 3.12. The summed E-state index contributed by atoms with van der Waals surface area (Å²) < 4.78 is 18.6. The van der Waals surface area contributed by atoms with Crippen molar-refractivity contribution in [3.05, 3.63) is 65.1 Å². The number of nitrogens with zero attached hydrogens (tertiary/aromatic N) is 4. The topological polar surface area (TPSA) is 72.1 Å². The van der Waals surface area contributed by atoms with E-state index in [9.17, 15) is 9.18 Å². The van der Waals surface area contributed by atoms with E-state index in [4.69, 9.17) is 4.52 Å². The maximum absolute atomic E-state index is 13.1. The van der Waals surface area contributed by atoms with Crippen molar-refractivity contribution in [1.82, 2.24) is 20.0 Å². The summed E-state index contributed by atoms with van der Waals surface area (Å²) in [4.78, 5) is 23.8. The molecule has 7 heteroatoms. The van der Waals surface area contributed by atoms with Crippen LogP contribution in [0.4, 0.5) is 4.39 Å². The molecule has 6 nitrogen and oxygen atoms in total. The molecule has 1 saturated heterocycles. The van der Waals surface area contributed by atoms with Gasteiger partial charge < -0.3 is 9.42 Å². The van der Waals surface area contributed by atoms with E-state index in [1.54, 1.807) is 18.3 Å². The molecule has 3 aromatic rings. The molecular formula is C21H21FN4O2. The van der Waals surface area contributed by atoms with Crippen LogP contribution in [-0.2, 0) is 11.2 Å². The summed E-state index contributed by atoms with van der Waals surface area (Å²) in [6.45, 7) is 4.36. The minimum Gasteiger partial charge on any atom is -0.356 e. The van der Waals surface area contributed by atoms with E-state index < -0.39 is 0 Å². The standard InChI is InChI=1S/C21H21FN4O2/c1-13-10-19(28-25-13)17-12-23-14(2)24-21(17)18-4-3-9-26(18)20(27)11-15-5-7-16(22)8-6-15/h5-8,10,12,18H,3-4,9,11H2,1-2H3/t18-/m0/s1. The normalized spacial score (nSPS) is 16.5. The van der Waals surface area contributed by atoms with Gasteiger partial charge in [-0.15, -0.1) is 0 Å². The molecule has 1 fully saturated rings. The molecule has 1 aliphatic heterocycles. The lowest BCUT2D eigenvalue weighted by Crippen LogP contribution is -2.32. The molecule has 0 spiro atoms. The van der Waals surface area contributed by atoms with Gasteiger partial charge in [0.05, 0.1) is 29.4 Å². The Bertz CT molecular complexity index is 1000. The number of benzene rings is 1. The van der Waals surface area contributed by atoms with Crippen LogP contribution in [0.3, 0.4) is 0 Å². The second-order valence-electron chi connectivity index (χ2n) is 7.10. The number of carbonyl (C=O) groups is 1. The minimum atomic E-state index is -0.307. The highest BCUT2D eigenvalue weighted by molar-refractivity contribution is 5.80. The predicted octanol–water partition coefficient (Wildman–Crippen LogP) is 3.79. The average Bonchev–Trinajstić information content (AvgIpc) is 3.32. The monoisotopic (exact) mass is 380 g/mol. The zero-order valence-corrected chi connectivity index (χ0v) is 15.9. The second kappa shape index (κ2) is 7.50. The Morgan fingerprint density at radius 2 is 2.07 bits per heavy atom. The highest BCUT2D eigenvalue weighted by atomic mass is 19.1. The van der Waals surface area contributed by atoms with Crippen molar-refractivity contribution in [3.8, 4) is 11.3 Å². The first-order chi connectivity index (χ1) is 13.5.